The first-order valence-corrected chi connectivity index (χ1v) is 11.3. The van der Waals surface area contributed by atoms with Crippen molar-refractivity contribution in [1.82, 2.24) is 20.1 Å². The van der Waals surface area contributed by atoms with Crippen molar-refractivity contribution in [3.63, 3.8) is 0 Å². The van der Waals surface area contributed by atoms with Gasteiger partial charge in [0.05, 0.1) is 25.3 Å². The Kier molecular flexibility index (Phi) is 7.03. The second-order valence-electron chi connectivity index (χ2n) is 8.67. The summed E-state index contributed by atoms with van der Waals surface area (Å²) in [6, 6.07) is 21.5. The fourth-order valence-electron chi connectivity index (χ4n) is 4.04. The van der Waals surface area contributed by atoms with E-state index in [-0.39, 0.29) is 18.4 Å². The van der Waals surface area contributed by atoms with E-state index in [0.29, 0.717) is 12.3 Å². The highest BCUT2D eigenvalue weighted by molar-refractivity contribution is 5.82. The Morgan fingerprint density at radius 2 is 1.82 bits per heavy atom. The van der Waals surface area contributed by atoms with Crippen molar-refractivity contribution in [2.45, 2.75) is 39.3 Å². The average molecular weight is 443 g/mol. The number of nitrogens with one attached hydrogen (secondary N) is 1. The first kappa shape index (κ1) is 22.5. The lowest BCUT2D eigenvalue weighted by Gasteiger charge is -2.18. The quantitative estimate of drug-likeness (QED) is 0.407. The largest absolute Gasteiger partial charge is 0.497 e. The van der Waals surface area contributed by atoms with Gasteiger partial charge in [0.2, 0.25) is 5.91 Å². The number of carbonyl (C=O) groups excluding carboxylic acids is 1. The lowest BCUT2D eigenvalue weighted by atomic mass is 10.0. The molecule has 0 saturated carbocycles. The number of hydrogen-bond donors (Lipinski definition) is 1. The van der Waals surface area contributed by atoms with Crippen molar-refractivity contribution >= 4 is 16.9 Å². The molecule has 0 aliphatic heterocycles. The van der Waals surface area contributed by atoms with E-state index in [2.05, 4.69) is 36.3 Å². The normalized spacial score (nSPS) is 12.1. The Morgan fingerprint density at radius 3 is 2.58 bits per heavy atom. The highest BCUT2D eigenvalue weighted by Gasteiger charge is 2.23. The van der Waals surface area contributed by atoms with E-state index in [1.54, 1.807) is 13.3 Å². The molecule has 1 atom stereocenters. The van der Waals surface area contributed by atoms with Gasteiger partial charge in [0.25, 0.3) is 0 Å². The van der Waals surface area contributed by atoms with Gasteiger partial charge in [-0.1, -0.05) is 56.3 Å². The molecule has 2 aromatic carbocycles. The summed E-state index contributed by atoms with van der Waals surface area (Å²) in [5.41, 5.74) is 3.74. The Balaban J connectivity index is 1.66. The SMILES string of the molecule is COc1cccc(CC(=O)N[C@H](Cc2ccccc2)c2nn(CC(C)C)c3ncccc23)c1. The lowest BCUT2D eigenvalue weighted by molar-refractivity contribution is -0.121. The molecule has 0 spiro atoms. The predicted octanol–water partition coefficient (Wildman–Crippen LogP) is 4.74. The monoisotopic (exact) mass is 442 g/mol. The minimum atomic E-state index is -0.273. The van der Waals surface area contributed by atoms with E-state index >= 15 is 0 Å². The Hall–Kier alpha value is -3.67. The number of aromatic nitrogens is 3. The van der Waals surface area contributed by atoms with Gasteiger partial charge in [-0.25, -0.2) is 9.67 Å². The number of carbonyl (C=O) groups is 1. The smallest absolute Gasteiger partial charge is 0.224 e. The fraction of sp³-hybridized carbons (Fsp3) is 0.296. The third kappa shape index (κ3) is 5.58. The van der Waals surface area contributed by atoms with Crippen LogP contribution in [0.2, 0.25) is 0 Å². The number of rotatable bonds is 9. The number of methoxy groups -OCH3 is 1. The Bertz CT molecular complexity index is 1220. The zero-order valence-electron chi connectivity index (χ0n) is 19.4. The van der Waals surface area contributed by atoms with Crippen molar-refractivity contribution < 1.29 is 9.53 Å². The van der Waals surface area contributed by atoms with Crippen LogP contribution in [0.5, 0.6) is 5.75 Å². The molecule has 2 aromatic heterocycles. The van der Waals surface area contributed by atoms with Gasteiger partial charge in [-0.05, 0) is 47.7 Å². The molecule has 33 heavy (non-hydrogen) atoms. The summed E-state index contributed by atoms with van der Waals surface area (Å²) in [5, 5.41) is 9.15. The minimum Gasteiger partial charge on any atom is -0.497 e. The van der Waals surface area contributed by atoms with Crippen LogP contribution >= 0.6 is 0 Å². The van der Waals surface area contributed by atoms with Gasteiger partial charge in [-0.15, -0.1) is 0 Å². The molecule has 6 heteroatoms. The molecular weight excluding hydrogens is 412 g/mol. The number of fused-ring (bicyclic) bond motifs is 1. The van der Waals surface area contributed by atoms with Gasteiger partial charge in [-0.3, -0.25) is 4.79 Å². The standard InChI is InChI=1S/C27H30N4O2/c1-19(2)18-31-27-23(13-8-14-28-27)26(30-31)24(16-20-9-5-4-6-10-20)29-25(32)17-21-11-7-12-22(15-21)33-3/h4-15,19,24H,16-18H2,1-3H3,(H,29,32)/t24-/m1/s1. The second-order valence-corrected chi connectivity index (χ2v) is 8.67. The molecule has 0 fully saturated rings. The topological polar surface area (TPSA) is 69.0 Å². The number of ether oxygens (including phenoxy) is 1. The van der Waals surface area contributed by atoms with Crippen LogP contribution in [0.3, 0.4) is 0 Å². The van der Waals surface area contributed by atoms with Crippen LogP contribution in [0.1, 0.15) is 36.7 Å². The van der Waals surface area contributed by atoms with E-state index < -0.39 is 0 Å². The summed E-state index contributed by atoms with van der Waals surface area (Å²) in [6.45, 7) is 5.09. The number of pyridine rings is 1. The molecule has 1 N–H and O–H groups in total. The van der Waals surface area contributed by atoms with E-state index in [4.69, 9.17) is 9.84 Å². The Morgan fingerprint density at radius 1 is 1.03 bits per heavy atom. The number of amides is 1. The van der Waals surface area contributed by atoms with Crippen LogP contribution in [0.15, 0.2) is 72.9 Å². The molecule has 6 nitrogen and oxygen atoms in total. The van der Waals surface area contributed by atoms with Gasteiger partial charge in [0.15, 0.2) is 5.65 Å². The maximum atomic E-state index is 13.1. The molecule has 0 aliphatic rings. The third-order valence-corrected chi connectivity index (χ3v) is 5.52. The molecular formula is C27H30N4O2. The van der Waals surface area contributed by atoms with E-state index in [1.807, 2.05) is 59.3 Å². The van der Waals surface area contributed by atoms with E-state index in [9.17, 15) is 4.79 Å². The van der Waals surface area contributed by atoms with Gasteiger partial charge in [0.1, 0.15) is 5.75 Å². The van der Waals surface area contributed by atoms with Gasteiger partial charge < -0.3 is 10.1 Å². The summed E-state index contributed by atoms with van der Waals surface area (Å²) in [4.78, 5) is 17.7. The Labute approximate surface area is 194 Å². The molecule has 0 bridgehead atoms. The number of benzene rings is 2. The average Bonchev–Trinajstić information content (AvgIpc) is 3.17. The molecule has 0 radical (unpaired) electrons. The van der Waals surface area contributed by atoms with Crippen LogP contribution in [0.4, 0.5) is 0 Å². The van der Waals surface area contributed by atoms with Crippen molar-refractivity contribution in [2.75, 3.05) is 7.11 Å². The van der Waals surface area contributed by atoms with Crippen molar-refractivity contribution in [3.8, 4) is 5.75 Å². The summed E-state index contributed by atoms with van der Waals surface area (Å²) in [6.07, 6.45) is 2.71. The van der Waals surface area contributed by atoms with Gasteiger partial charge >= 0.3 is 0 Å². The number of nitrogens with zero attached hydrogens (tertiary/aromatic N) is 3. The van der Waals surface area contributed by atoms with E-state index in [1.165, 1.54) is 0 Å². The van der Waals surface area contributed by atoms with E-state index in [0.717, 1.165) is 40.1 Å². The first-order valence-electron chi connectivity index (χ1n) is 11.3. The molecule has 4 aromatic rings. The maximum absolute atomic E-state index is 13.1. The first-order chi connectivity index (χ1) is 16.0. The third-order valence-electron chi connectivity index (χ3n) is 5.52. The molecule has 2 heterocycles. The van der Waals surface area contributed by atoms with Crippen LogP contribution in [0.25, 0.3) is 11.0 Å². The molecule has 0 unspecified atom stereocenters. The predicted molar refractivity (Wildman–Crippen MR) is 130 cm³/mol. The van der Waals surface area contributed by atoms with Crippen LogP contribution in [0, 0.1) is 5.92 Å². The van der Waals surface area contributed by atoms with Crippen LogP contribution < -0.4 is 10.1 Å². The maximum Gasteiger partial charge on any atom is 0.224 e. The minimum absolute atomic E-state index is 0.0559. The molecule has 170 valence electrons. The summed E-state index contributed by atoms with van der Waals surface area (Å²) in [7, 11) is 1.63. The molecule has 4 rings (SSSR count). The van der Waals surface area contributed by atoms with Crippen LogP contribution in [-0.2, 0) is 24.2 Å². The molecule has 0 aliphatic carbocycles. The molecule has 0 saturated heterocycles. The lowest BCUT2D eigenvalue weighted by Crippen LogP contribution is -2.31. The molecule has 1 amide bonds. The van der Waals surface area contributed by atoms with Crippen molar-refractivity contribution in [2.24, 2.45) is 5.92 Å². The summed E-state index contributed by atoms with van der Waals surface area (Å²) in [5.74, 6) is 1.11. The van der Waals surface area contributed by atoms with Crippen molar-refractivity contribution in [1.29, 1.82) is 0 Å². The summed E-state index contributed by atoms with van der Waals surface area (Å²) >= 11 is 0. The van der Waals surface area contributed by atoms with Crippen LogP contribution in [-0.4, -0.2) is 27.8 Å². The highest BCUT2D eigenvalue weighted by Crippen LogP contribution is 2.26. The van der Waals surface area contributed by atoms with Gasteiger partial charge in [0, 0.05) is 18.1 Å². The fourth-order valence-corrected chi connectivity index (χ4v) is 4.04. The zero-order valence-corrected chi connectivity index (χ0v) is 19.4. The highest BCUT2D eigenvalue weighted by atomic mass is 16.5. The number of hydrogen-bond acceptors (Lipinski definition) is 4. The van der Waals surface area contributed by atoms with Gasteiger partial charge in [-0.2, -0.15) is 5.10 Å². The second kappa shape index (κ2) is 10.3. The zero-order chi connectivity index (χ0) is 23.2. The van der Waals surface area contributed by atoms with Crippen molar-refractivity contribution in [3.05, 3.63) is 89.7 Å². The summed E-state index contributed by atoms with van der Waals surface area (Å²) < 4.78 is 7.26.